The quantitative estimate of drug-likeness (QED) is 0.806. The fourth-order valence-electron chi connectivity index (χ4n) is 2.04. The molecule has 2 N–H and O–H groups in total. The maximum atomic E-state index is 13.3. The third-order valence-electron chi connectivity index (χ3n) is 3.24. The molecule has 2 rings (SSSR count). The number of sulfonamides is 1. The third-order valence-corrected chi connectivity index (χ3v) is 4.83. The lowest BCUT2D eigenvalue weighted by molar-refractivity contribution is 0.0691. The standard InChI is InChI=1S/C15H16FNO5S/c1-10(4-5-11-3-2-8-22-11)17-23(20,21)12-6-7-14(16)13(9-12)15(18)19/h2-3,6-10,17H,4-5H2,1H3,(H,18,19). The number of hydrogen-bond acceptors (Lipinski definition) is 4. The van der Waals surface area contributed by atoms with Gasteiger partial charge in [-0.1, -0.05) is 0 Å². The molecule has 1 aromatic heterocycles. The highest BCUT2D eigenvalue weighted by molar-refractivity contribution is 7.89. The molecule has 1 atom stereocenters. The molecule has 6 nitrogen and oxygen atoms in total. The first kappa shape index (κ1) is 17.2. The molecule has 2 aromatic rings. The molecule has 0 saturated carbocycles. The fourth-order valence-corrected chi connectivity index (χ4v) is 3.34. The molecule has 0 amide bonds. The molecule has 0 aliphatic carbocycles. The van der Waals surface area contributed by atoms with Crippen molar-refractivity contribution in [3.8, 4) is 0 Å². The molecule has 0 radical (unpaired) electrons. The number of halogens is 1. The first-order valence-corrected chi connectivity index (χ1v) is 8.35. The van der Waals surface area contributed by atoms with E-state index in [2.05, 4.69) is 4.72 Å². The lowest BCUT2D eigenvalue weighted by Gasteiger charge is -2.14. The number of carboxylic acids is 1. The highest BCUT2D eigenvalue weighted by Gasteiger charge is 2.21. The largest absolute Gasteiger partial charge is 0.478 e. The third kappa shape index (κ3) is 4.40. The van der Waals surface area contributed by atoms with E-state index in [-0.39, 0.29) is 4.90 Å². The van der Waals surface area contributed by atoms with Crippen LogP contribution < -0.4 is 4.72 Å². The molecule has 1 aromatic carbocycles. The molecule has 124 valence electrons. The van der Waals surface area contributed by atoms with Crippen molar-refractivity contribution in [2.75, 3.05) is 0 Å². The molecule has 1 heterocycles. The Morgan fingerprint density at radius 1 is 1.39 bits per heavy atom. The number of aromatic carboxylic acids is 1. The van der Waals surface area contributed by atoms with E-state index in [0.29, 0.717) is 12.8 Å². The van der Waals surface area contributed by atoms with Crippen molar-refractivity contribution in [1.29, 1.82) is 0 Å². The molecule has 0 aliphatic heterocycles. The van der Waals surface area contributed by atoms with Crippen molar-refractivity contribution in [3.05, 3.63) is 53.7 Å². The van der Waals surface area contributed by atoms with Crippen molar-refractivity contribution in [3.63, 3.8) is 0 Å². The Balaban J connectivity index is 2.09. The number of benzene rings is 1. The van der Waals surface area contributed by atoms with Gasteiger partial charge in [0.1, 0.15) is 11.6 Å². The van der Waals surface area contributed by atoms with Gasteiger partial charge < -0.3 is 9.52 Å². The lowest BCUT2D eigenvalue weighted by Crippen LogP contribution is -2.33. The van der Waals surface area contributed by atoms with E-state index < -0.39 is 33.4 Å². The molecule has 0 fully saturated rings. The number of rotatable bonds is 7. The van der Waals surface area contributed by atoms with Gasteiger partial charge in [-0.2, -0.15) is 0 Å². The summed E-state index contributed by atoms with van der Waals surface area (Å²) in [4.78, 5) is 10.6. The minimum Gasteiger partial charge on any atom is -0.478 e. The lowest BCUT2D eigenvalue weighted by atomic mass is 10.2. The zero-order valence-electron chi connectivity index (χ0n) is 12.3. The molecule has 8 heteroatoms. The molecule has 0 aliphatic rings. The van der Waals surface area contributed by atoms with Crippen LogP contribution in [0.5, 0.6) is 0 Å². The van der Waals surface area contributed by atoms with E-state index in [1.165, 1.54) is 6.26 Å². The summed E-state index contributed by atoms with van der Waals surface area (Å²) < 4.78 is 45.4. The van der Waals surface area contributed by atoms with Crippen LogP contribution in [0.2, 0.25) is 0 Å². The van der Waals surface area contributed by atoms with Gasteiger partial charge in [0.2, 0.25) is 10.0 Å². The summed E-state index contributed by atoms with van der Waals surface area (Å²) in [5, 5.41) is 8.86. The van der Waals surface area contributed by atoms with Gasteiger partial charge in [0.05, 0.1) is 16.7 Å². The van der Waals surface area contributed by atoms with E-state index in [1.54, 1.807) is 19.1 Å². The Kier molecular flexibility index (Phi) is 5.17. The Morgan fingerprint density at radius 2 is 2.13 bits per heavy atom. The summed E-state index contributed by atoms with van der Waals surface area (Å²) in [6, 6.07) is 5.80. The first-order chi connectivity index (χ1) is 10.8. The number of aryl methyl sites for hydroxylation is 1. The van der Waals surface area contributed by atoms with Crippen LogP contribution in [0.4, 0.5) is 4.39 Å². The Labute approximate surface area is 133 Å². The number of carbonyl (C=O) groups is 1. The number of hydrogen-bond donors (Lipinski definition) is 2. The molecule has 0 saturated heterocycles. The van der Waals surface area contributed by atoms with Crippen LogP contribution >= 0.6 is 0 Å². The molecular weight excluding hydrogens is 325 g/mol. The van der Waals surface area contributed by atoms with Crippen molar-refractivity contribution < 1.29 is 27.1 Å². The highest BCUT2D eigenvalue weighted by Crippen LogP contribution is 2.16. The van der Waals surface area contributed by atoms with E-state index >= 15 is 0 Å². The zero-order chi connectivity index (χ0) is 17.0. The van der Waals surface area contributed by atoms with Crippen LogP contribution in [-0.4, -0.2) is 25.5 Å². The minimum absolute atomic E-state index is 0.291. The smallest absolute Gasteiger partial charge is 0.338 e. The van der Waals surface area contributed by atoms with Crippen LogP contribution in [0.25, 0.3) is 0 Å². The molecule has 0 spiro atoms. The van der Waals surface area contributed by atoms with E-state index in [0.717, 1.165) is 24.0 Å². The van der Waals surface area contributed by atoms with Gasteiger partial charge in [0.15, 0.2) is 0 Å². The molecule has 0 bridgehead atoms. The van der Waals surface area contributed by atoms with Gasteiger partial charge in [-0.25, -0.2) is 22.3 Å². The summed E-state index contributed by atoms with van der Waals surface area (Å²) in [7, 11) is -3.93. The van der Waals surface area contributed by atoms with Crippen LogP contribution in [0.3, 0.4) is 0 Å². The fraction of sp³-hybridized carbons (Fsp3) is 0.267. The van der Waals surface area contributed by atoms with Crippen molar-refractivity contribution in [2.45, 2.75) is 30.7 Å². The molecule has 23 heavy (non-hydrogen) atoms. The van der Waals surface area contributed by atoms with Gasteiger partial charge in [-0.15, -0.1) is 0 Å². The van der Waals surface area contributed by atoms with Crippen LogP contribution in [0, 0.1) is 5.82 Å². The first-order valence-electron chi connectivity index (χ1n) is 6.87. The van der Waals surface area contributed by atoms with Gasteiger partial charge in [-0.3, -0.25) is 0 Å². The van der Waals surface area contributed by atoms with Crippen LogP contribution in [-0.2, 0) is 16.4 Å². The predicted molar refractivity (Wildman–Crippen MR) is 80.2 cm³/mol. The SMILES string of the molecule is CC(CCc1ccco1)NS(=O)(=O)c1ccc(F)c(C(=O)O)c1. The average molecular weight is 341 g/mol. The zero-order valence-corrected chi connectivity index (χ0v) is 13.1. The van der Waals surface area contributed by atoms with Crippen LogP contribution in [0.15, 0.2) is 45.9 Å². The van der Waals surface area contributed by atoms with Gasteiger partial charge >= 0.3 is 5.97 Å². The summed E-state index contributed by atoms with van der Waals surface area (Å²) in [6.07, 6.45) is 2.59. The summed E-state index contributed by atoms with van der Waals surface area (Å²) >= 11 is 0. The van der Waals surface area contributed by atoms with E-state index in [1.807, 2.05) is 0 Å². The normalized spacial score (nSPS) is 13.0. The van der Waals surface area contributed by atoms with Crippen LogP contribution in [0.1, 0.15) is 29.5 Å². The summed E-state index contributed by atoms with van der Waals surface area (Å²) in [5.41, 5.74) is -0.684. The van der Waals surface area contributed by atoms with E-state index in [9.17, 15) is 17.6 Å². The van der Waals surface area contributed by atoms with Gasteiger partial charge in [-0.05, 0) is 43.7 Å². The maximum Gasteiger partial charge on any atom is 0.338 e. The molecular formula is C15H16FNO5S. The Hall–Kier alpha value is -2.19. The Bertz CT molecular complexity index is 786. The number of nitrogens with one attached hydrogen (secondary N) is 1. The second-order valence-electron chi connectivity index (χ2n) is 5.09. The topological polar surface area (TPSA) is 96.6 Å². The second-order valence-corrected chi connectivity index (χ2v) is 6.80. The average Bonchev–Trinajstić information content (AvgIpc) is 2.98. The summed E-state index contributed by atoms with van der Waals surface area (Å²) in [5.74, 6) is -1.77. The number of furan rings is 1. The van der Waals surface area contributed by atoms with E-state index in [4.69, 9.17) is 9.52 Å². The summed E-state index contributed by atoms with van der Waals surface area (Å²) in [6.45, 7) is 1.68. The monoisotopic (exact) mass is 341 g/mol. The van der Waals surface area contributed by atoms with Crippen molar-refractivity contribution >= 4 is 16.0 Å². The number of carboxylic acid groups (broad SMARTS) is 1. The van der Waals surface area contributed by atoms with Gasteiger partial charge in [0, 0.05) is 12.5 Å². The predicted octanol–water partition coefficient (Wildman–Crippen LogP) is 2.42. The second kappa shape index (κ2) is 6.93. The van der Waals surface area contributed by atoms with Crippen molar-refractivity contribution in [2.24, 2.45) is 0 Å². The van der Waals surface area contributed by atoms with Gasteiger partial charge in [0.25, 0.3) is 0 Å². The Morgan fingerprint density at radius 3 is 2.74 bits per heavy atom. The minimum atomic E-state index is -3.93. The highest BCUT2D eigenvalue weighted by atomic mass is 32.2. The maximum absolute atomic E-state index is 13.3. The molecule has 1 unspecified atom stereocenters. The van der Waals surface area contributed by atoms with Crippen molar-refractivity contribution in [1.82, 2.24) is 4.72 Å².